The third kappa shape index (κ3) is 3.70. The first-order chi connectivity index (χ1) is 7.65. The van der Waals surface area contributed by atoms with E-state index in [2.05, 4.69) is 5.32 Å². The summed E-state index contributed by atoms with van der Waals surface area (Å²) in [6.45, 7) is 5.44. The zero-order valence-electron chi connectivity index (χ0n) is 10.0. The number of amides is 1. The molecule has 0 fully saturated rings. The van der Waals surface area contributed by atoms with Crippen LogP contribution in [0.5, 0.6) is 0 Å². The van der Waals surface area contributed by atoms with Crippen LogP contribution in [-0.2, 0) is 11.3 Å². The van der Waals surface area contributed by atoms with E-state index in [0.29, 0.717) is 6.54 Å². The van der Waals surface area contributed by atoms with Gasteiger partial charge in [-0.2, -0.15) is 0 Å². The van der Waals surface area contributed by atoms with Crippen LogP contribution in [0.3, 0.4) is 0 Å². The van der Waals surface area contributed by atoms with E-state index in [1.807, 2.05) is 42.9 Å². The van der Waals surface area contributed by atoms with Crippen molar-refractivity contribution in [2.75, 3.05) is 6.54 Å². The highest BCUT2D eigenvalue weighted by Gasteiger charge is 2.18. The standard InChI is InChI=1S/C12H21N3O/c1-3-10(2)11(13)12(16)14-6-9-15-7-4-5-8-15/h4-5,7-8,10-11H,3,6,9,13H2,1-2H3,(H,14,16). The molecule has 2 unspecified atom stereocenters. The molecule has 4 nitrogen and oxygen atoms in total. The van der Waals surface area contributed by atoms with E-state index in [-0.39, 0.29) is 11.8 Å². The Hall–Kier alpha value is -1.29. The number of nitrogens with zero attached hydrogens (tertiary/aromatic N) is 1. The lowest BCUT2D eigenvalue weighted by atomic mass is 9.99. The smallest absolute Gasteiger partial charge is 0.237 e. The van der Waals surface area contributed by atoms with Crippen molar-refractivity contribution >= 4 is 5.91 Å². The lowest BCUT2D eigenvalue weighted by molar-refractivity contribution is -0.123. The molecule has 3 N–H and O–H groups in total. The molecule has 0 aliphatic rings. The molecule has 0 aromatic carbocycles. The monoisotopic (exact) mass is 223 g/mol. The minimum absolute atomic E-state index is 0.0542. The second kappa shape index (κ2) is 6.33. The molecule has 1 rings (SSSR count). The average molecular weight is 223 g/mol. The molecular weight excluding hydrogens is 202 g/mol. The van der Waals surface area contributed by atoms with Crippen LogP contribution in [0.2, 0.25) is 0 Å². The van der Waals surface area contributed by atoms with Crippen LogP contribution < -0.4 is 11.1 Å². The van der Waals surface area contributed by atoms with Crippen LogP contribution in [0.15, 0.2) is 24.5 Å². The molecule has 16 heavy (non-hydrogen) atoms. The molecule has 0 aliphatic heterocycles. The Bertz CT molecular complexity index is 308. The van der Waals surface area contributed by atoms with Gasteiger partial charge in [0.2, 0.25) is 5.91 Å². The van der Waals surface area contributed by atoms with E-state index < -0.39 is 6.04 Å². The molecule has 1 aromatic heterocycles. The predicted molar refractivity (Wildman–Crippen MR) is 64.9 cm³/mol. The Morgan fingerprint density at radius 1 is 1.44 bits per heavy atom. The number of aromatic nitrogens is 1. The minimum atomic E-state index is -0.394. The molecule has 2 atom stereocenters. The van der Waals surface area contributed by atoms with Crippen molar-refractivity contribution in [2.45, 2.75) is 32.9 Å². The molecule has 1 amide bonds. The molecule has 0 bridgehead atoms. The van der Waals surface area contributed by atoms with E-state index in [1.54, 1.807) is 0 Å². The van der Waals surface area contributed by atoms with Crippen molar-refractivity contribution in [3.8, 4) is 0 Å². The Morgan fingerprint density at radius 3 is 2.62 bits per heavy atom. The van der Waals surface area contributed by atoms with Gasteiger partial charge in [0.1, 0.15) is 0 Å². The van der Waals surface area contributed by atoms with Crippen LogP contribution >= 0.6 is 0 Å². The fourth-order valence-corrected chi connectivity index (χ4v) is 1.46. The Morgan fingerprint density at radius 2 is 2.06 bits per heavy atom. The maximum atomic E-state index is 11.6. The number of carbonyl (C=O) groups is 1. The van der Waals surface area contributed by atoms with Crippen molar-refractivity contribution in [3.63, 3.8) is 0 Å². The Balaban J connectivity index is 2.24. The van der Waals surface area contributed by atoms with Crippen LogP contribution in [0.1, 0.15) is 20.3 Å². The van der Waals surface area contributed by atoms with Gasteiger partial charge in [0, 0.05) is 25.5 Å². The number of rotatable bonds is 6. The quantitative estimate of drug-likeness (QED) is 0.755. The lowest BCUT2D eigenvalue weighted by Gasteiger charge is -2.17. The van der Waals surface area contributed by atoms with Gasteiger partial charge in [-0.15, -0.1) is 0 Å². The molecule has 0 spiro atoms. The van der Waals surface area contributed by atoms with E-state index in [0.717, 1.165) is 13.0 Å². The van der Waals surface area contributed by atoms with Gasteiger partial charge >= 0.3 is 0 Å². The van der Waals surface area contributed by atoms with E-state index >= 15 is 0 Å². The second-order valence-corrected chi connectivity index (χ2v) is 4.12. The topological polar surface area (TPSA) is 60.1 Å². The van der Waals surface area contributed by atoms with E-state index in [9.17, 15) is 4.79 Å². The summed E-state index contributed by atoms with van der Waals surface area (Å²) in [5.74, 6) is 0.174. The number of nitrogens with two attached hydrogens (primary N) is 1. The highest BCUT2D eigenvalue weighted by molar-refractivity contribution is 5.81. The molecule has 0 saturated carbocycles. The first-order valence-electron chi connectivity index (χ1n) is 5.79. The van der Waals surface area contributed by atoms with Gasteiger partial charge in [-0.25, -0.2) is 0 Å². The summed E-state index contributed by atoms with van der Waals surface area (Å²) in [6.07, 6.45) is 4.87. The molecule has 1 heterocycles. The maximum Gasteiger partial charge on any atom is 0.237 e. The van der Waals surface area contributed by atoms with Crippen LogP contribution in [0, 0.1) is 5.92 Å². The summed E-state index contributed by atoms with van der Waals surface area (Å²) in [4.78, 5) is 11.6. The molecule has 0 aliphatic carbocycles. The van der Waals surface area contributed by atoms with Crippen LogP contribution in [0.25, 0.3) is 0 Å². The van der Waals surface area contributed by atoms with Gasteiger partial charge in [-0.05, 0) is 18.1 Å². The highest BCUT2D eigenvalue weighted by atomic mass is 16.2. The Kier molecular flexibility index (Phi) is 5.05. The predicted octanol–water partition coefficient (Wildman–Crippen LogP) is 0.978. The number of carbonyl (C=O) groups excluding carboxylic acids is 1. The molecular formula is C12H21N3O. The number of nitrogens with one attached hydrogen (secondary N) is 1. The largest absolute Gasteiger partial charge is 0.353 e. The fourth-order valence-electron chi connectivity index (χ4n) is 1.46. The Labute approximate surface area is 96.8 Å². The van der Waals surface area contributed by atoms with Crippen LogP contribution in [0.4, 0.5) is 0 Å². The van der Waals surface area contributed by atoms with Gasteiger partial charge in [0.05, 0.1) is 6.04 Å². The first kappa shape index (κ1) is 12.8. The lowest BCUT2D eigenvalue weighted by Crippen LogP contribution is -2.45. The summed E-state index contributed by atoms with van der Waals surface area (Å²) in [5.41, 5.74) is 5.81. The third-order valence-electron chi connectivity index (χ3n) is 2.90. The van der Waals surface area contributed by atoms with Crippen molar-refractivity contribution in [2.24, 2.45) is 11.7 Å². The number of hydrogen-bond donors (Lipinski definition) is 2. The zero-order chi connectivity index (χ0) is 12.0. The van der Waals surface area contributed by atoms with Gasteiger partial charge in [-0.1, -0.05) is 20.3 Å². The summed E-state index contributed by atoms with van der Waals surface area (Å²) < 4.78 is 2.02. The first-order valence-corrected chi connectivity index (χ1v) is 5.79. The average Bonchev–Trinajstić information content (AvgIpc) is 2.79. The second-order valence-electron chi connectivity index (χ2n) is 4.12. The summed E-state index contributed by atoms with van der Waals surface area (Å²) >= 11 is 0. The molecule has 0 saturated heterocycles. The van der Waals surface area contributed by atoms with Gasteiger partial charge in [0.15, 0.2) is 0 Å². The number of hydrogen-bond acceptors (Lipinski definition) is 2. The molecule has 0 radical (unpaired) electrons. The summed E-state index contributed by atoms with van der Waals surface area (Å²) in [5, 5.41) is 2.85. The molecule has 1 aromatic rings. The van der Waals surface area contributed by atoms with E-state index in [1.165, 1.54) is 0 Å². The fraction of sp³-hybridized carbons (Fsp3) is 0.583. The highest BCUT2D eigenvalue weighted by Crippen LogP contribution is 2.04. The summed E-state index contributed by atoms with van der Waals surface area (Å²) in [6, 6.07) is 3.54. The SMILES string of the molecule is CCC(C)C(N)C(=O)NCCn1cccc1. The minimum Gasteiger partial charge on any atom is -0.353 e. The zero-order valence-corrected chi connectivity index (χ0v) is 10.0. The van der Waals surface area contributed by atoms with Crippen molar-refractivity contribution in [1.82, 2.24) is 9.88 Å². The normalized spacial score (nSPS) is 14.4. The third-order valence-corrected chi connectivity index (χ3v) is 2.90. The van der Waals surface area contributed by atoms with Gasteiger partial charge in [0.25, 0.3) is 0 Å². The molecule has 90 valence electrons. The van der Waals surface area contributed by atoms with Crippen molar-refractivity contribution < 1.29 is 4.79 Å². The maximum absolute atomic E-state index is 11.6. The van der Waals surface area contributed by atoms with Crippen molar-refractivity contribution in [3.05, 3.63) is 24.5 Å². The van der Waals surface area contributed by atoms with Gasteiger partial charge in [-0.3, -0.25) is 4.79 Å². The van der Waals surface area contributed by atoms with E-state index in [4.69, 9.17) is 5.73 Å². The molecule has 4 heteroatoms. The van der Waals surface area contributed by atoms with Crippen molar-refractivity contribution in [1.29, 1.82) is 0 Å². The van der Waals surface area contributed by atoms with Crippen LogP contribution in [-0.4, -0.2) is 23.1 Å². The summed E-state index contributed by atoms with van der Waals surface area (Å²) in [7, 11) is 0. The van der Waals surface area contributed by atoms with Gasteiger partial charge < -0.3 is 15.6 Å².